The minimum absolute atomic E-state index is 0.0541. The minimum atomic E-state index is -0.513. The van der Waals surface area contributed by atoms with Crippen LogP contribution in [0.5, 0.6) is 0 Å². The molecule has 0 aliphatic heterocycles. The Hall–Kier alpha value is -0.300. The number of aliphatic hydroxyl groups is 1. The average Bonchev–Trinajstić information content (AvgIpc) is 2.04. The average molecular weight is 191 g/mol. The summed E-state index contributed by atoms with van der Waals surface area (Å²) >= 11 is 5.64. The van der Waals surface area contributed by atoms with Gasteiger partial charge in [-0.1, -0.05) is 0 Å². The van der Waals surface area contributed by atoms with E-state index in [4.69, 9.17) is 22.0 Å². The second-order valence-corrected chi connectivity index (χ2v) is 3.97. The molecule has 0 spiro atoms. The number of hydrogen-bond acceptors (Lipinski definition) is 3. The molecule has 0 saturated heterocycles. The Labute approximate surface area is 78.5 Å². The molecular weight excluding hydrogens is 176 g/mol. The van der Waals surface area contributed by atoms with Gasteiger partial charge in [-0.15, -0.1) is 11.6 Å². The first-order valence-electron chi connectivity index (χ1n) is 3.80. The first-order chi connectivity index (χ1) is 5.44. The topological polar surface area (TPSA) is 47.3 Å². The highest BCUT2D eigenvalue weighted by Gasteiger charge is 2.23. The molecule has 1 atom stereocenters. The highest BCUT2D eigenvalue weighted by atomic mass is 35.5. The summed E-state index contributed by atoms with van der Waals surface area (Å²) in [5.41, 5.74) is -0.315. The Balaban J connectivity index is 4.04. The lowest BCUT2D eigenvalue weighted by atomic mass is 10.1. The molecule has 0 bridgehead atoms. The number of nitriles is 1. The van der Waals surface area contributed by atoms with Gasteiger partial charge in [0, 0.05) is 12.1 Å². The summed E-state index contributed by atoms with van der Waals surface area (Å²) in [6.07, 6.45) is 0. The third kappa shape index (κ3) is 3.40. The van der Waals surface area contributed by atoms with Crippen LogP contribution in [0, 0.1) is 11.3 Å². The van der Waals surface area contributed by atoms with E-state index in [-0.39, 0.29) is 12.1 Å². The molecule has 0 saturated carbocycles. The predicted octanol–water partition coefficient (Wildman–Crippen LogP) is 0.820. The molecule has 0 amide bonds. The van der Waals surface area contributed by atoms with Crippen molar-refractivity contribution in [3.8, 4) is 6.07 Å². The summed E-state index contributed by atoms with van der Waals surface area (Å²) in [5.74, 6) is 0. The van der Waals surface area contributed by atoms with Gasteiger partial charge in [0.05, 0.1) is 12.7 Å². The summed E-state index contributed by atoms with van der Waals surface area (Å²) in [6.45, 7) is 4.31. The van der Waals surface area contributed by atoms with Gasteiger partial charge in [-0.25, -0.2) is 0 Å². The third-order valence-corrected chi connectivity index (χ3v) is 2.23. The summed E-state index contributed by atoms with van der Waals surface area (Å²) in [5, 5.41) is 16.9. The van der Waals surface area contributed by atoms with E-state index in [2.05, 4.69) is 0 Å². The Morgan fingerprint density at radius 3 is 2.50 bits per heavy atom. The second kappa shape index (κ2) is 4.66. The minimum Gasteiger partial charge on any atom is -0.394 e. The number of hydrogen-bond donors (Lipinski definition) is 1. The molecule has 1 N–H and O–H groups in total. The standard InChI is InChI=1S/C8H15ClN2O/c1-8(2,6-12)11(3)5-7(9)4-10/h7,12H,5-6H2,1-3H3. The number of halogens is 1. The lowest BCUT2D eigenvalue weighted by molar-refractivity contribution is 0.0815. The van der Waals surface area contributed by atoms with Crippen LogP contribution >= 0.6 is 11.6 Å². The summed E-state index contributed by atoms with van der Waals surface area (Å²) in [6, 6.07) is 1.93. The first kappa shape index (κ1) is 11.7. The molecule has 0 aromatic rings. The lowest BCUT2D eigenvalue weighted by Crippen LogP contribution is -2.46. The van der Waals surface area contributed by atoms with E-state index >= 15 is 0 Å². The lowest BCUT2D eigenvalue weighted by Gasteiger charge is -2.33. The molecular formula is C8H15ClN2O. The van der Waals surface area contributed by atoms with Crippen LogP contribution in [0.4, 0.5) is 0 Å². The fourth-order valence-corrected chi connectivity index (χ4v) is 0.856. The van der Waals surface area contributed by atoms with Crippen LogP contribution in [-0.2, 0) is 0 Å². The highest BCUT2D eigenvalue weighted by Crippen LogP contribution is 2.12. The molecule has 0 aromatic heterocycles. The third-order valence-electron chi connectivity index (χ3n) is 1.99. The van der Waals surface area contributed by atoms with Crippen molar-refractivity contribution in [2.45, 2.75) is 24.8 Å². The van der Waals surface area contributed by atoms with Gasteiger partial charge in [-0.3, -0.25) is 4.90 Å². The van der Waals surface area contributed by atoms with Crippen molar-refractivity contribution in [3.05, 3.63) is 0 Å². The van der Waals surface area contributed by atoms with Gasteiger partial charge in [0.2, 0.25) is 0 Å². The molecule has 0 aliphatic carbocycles. The van der Waals surface area contributed by atoms with Crippen molar-refractivity contribution in [2.75, 3.05) is 20.2 Å². The first-order valence-corrected chi connectivity index (χ1v) is 4.23. The molecule has 0 radical (unpaired) electrons. The van der Waals surface area contributed by atoms with Gasteiger partial charge >= 0.3 is 0 Å². The Kier molecular flexibility index (Phi) is 4.54. The molecule has 70 valence electrons. The summed E-state index contributed by atoms with van der Waals surface area (Å²) in [4.78, 5) is 1.87. The van der Waals surface area contributed by atoms with E-state index in [1.807, 2.05) is 31.9 Å². The van der Waals surface area contributed by atoms with Gasteiger partial charge in [0.1, 0.15) is 5.38 Å². The van der Waals surface area contributed by atoms with Crippen LogP contribution in [0.2, 0.25) is 0 Å². The SMILES string of the molecule is CN(CC(Cl)C#N)C(C)(C)CO. The van der Waals surface area contributed by atoms with Gasteiger partial charge in [0.15, 0.2) is 0 Å². The largest absolute Gasteiger partial charge is 0.394 e. The molecule has 0 fully saturated rings. The van der Waals surface area contributed by atoms with E-state index in [0.29, 0.717) is 6.54 Å². The van der Waals surface area contributed by atoms with Crippen molar-refractivity contribution in [2.24, 2.45) is 0 Å². The van der Waals surface area contributed by atoms with Crippen molar-refractivity contribution in [1.29, 1.82) is 5.26 Å². The Morgan fingerprint density at radius 1 is 1.67 bits per heavy atom. The quantitative estimate of drug-likeness (QED) is 0.668. The zero-order chi connectivity index (χ0) is 9.78. The normalized spacial score (nSPS) is 14.4. The number of likely N-dealkylation sites (N-methyl/N-ethyl adjacent to an activating group) is 1. The fourth-order valence-electron chi connectivity index (χ4n) is 0.649. The number of aliphatic hydroxyl groups excluding tert-OH is 1. The zero-order valence-corrected chi connectivity index (χ0v) is 8.47. The molecule has 12 heavy (non-hydrogen) atoms. The van der Waals surface area contributed by atoms with E-state index in [1.54, 1.807) is 0 Å². The van der Waals surface area contributed by atoms with Gasteiger partial charge in [-0.05, 0) is 20.9 Å². The predicted molar refractivity (Wildman–Crippen MR) is 49.0 cm³/mol. The summed E-state index contributed by atoms with van der Waals surface area (Å²) in [7, 11) is 1.84. The van der Waals surface area contributed by atoms with Crippen LogP contribution in [0.1, 0.15) is 13.8 Å². The van der Waals surface area contributed by atoms with Gasteiger partial charge in [-0.2, -0.15) is 5.26 Å². The number of nitrogens with zero attached hydrogens (tertiary/aromatic N) is 2. The molecule has 1 unspecified atom stereocenters. The summed E-state index contributed by atoms with van der Waals surface area (Å²) < 4.78 is 0. The van der Waals surface area contributed by atoms with Crippen molar-refractivity contribution < 1.29 is 5.11 Å². The molecule has 0 aliphatic rings. The van der Waals surface area contributed by atoms with Gasteiger partial charge in [0.25, 0.3) is 0 Å². The molecule has 3 nitrogen and oxygen atoms in total. The van der Waals surface area contributed by atoms with E-state index in [1.165, 1.54) is 0 Å². The Bertz CT molecular complexity index is 176. The molecule has 0 rings (SSSR count). The monoisotopic (exact) mass is 190 g/mol. The maximum atomic E-state index is 8.98. The van der Waals surface area contributed by atoms with E-state index < -0.39 is 5.38 Å². The fraction of sp³-hybridized carbons (Fsp3) is 0.875. The van der Waals surface area contributed by atoms with Crippen LogP contribution in [0.15, 0.2) is 0 Å². The Morgan fingerprint density at radius 2 is 2.17 bits per heavy atom. The molecule has 0 heterocycles. The maximum Gasteiger partial charge on any atom is 0.133 e. The highest BCUT2D eigenvalue weighted by molar-refractivity contribution is 6.22. The van der Waals surface area contributed by atoms with Crippen LogP contribution in [0.3, 0.4) is 0 Å². The second-order valence-electron chi connectivity index (χ2n) is 3.45. The van der Waals surface area contributed by atoms with Gasteiger partial charge < -0.3 is 5.11 Å². The van der Waals surface area contributed by atoms with Crippen molar-refractivity contribution >= 4 is 11.6 Å². The smallest absolute Gasteiger partial charge is 0.133 e. The van der Waals surface area contributed by atoms with E-state index in [9.17, 15) is 0 Å². The molecule has 4 heteroatoms. The zero-order valence-electron chi connectivity index (χ0n) is 7.71. The molecule has 0 aromatic carbocycles. The van der Waals surface area contributed by atoms with Crippen LogP contribution in [0.25, 0.3) is 0 Å². The van der Waals surface area contributed by atoms with Crippen molar-refractivity contribution in [3.63, 3.8) is 0 Å². The van der Waals surface area contributed by atoms with Crippen LogP contribution < -0.4 is 0 Å². The van der Waals surface area contributed by atoms with Crippen LogP contribution in [-0.4, -0.2) is 41.1 Å². The number of rotatable bonds is 4. The van der Waals surface area contributed by atoms with Crippen molar-refractivity contribution in [1.82, 2.24) is 4.90 Å². The van der Waals surface area contributed by atoms with E-state index in [0.717, 1.165) is 0 Å². The number of alkyl halides is 1. The maximum absolute atomic E-state index is 8.98.